The zero-order valence-electron chi connectivity index (χ0n) is 11.1. The highest BCUT2D eigenvalue weighted by Gasteiger charge is 2.39. The first kappa shape index (κ1) is 15.4. The summed E-state index contributed by atoms with van der Waals surface area (Å²) in [5, 5.41) is 18.2. The summed E-state index contributed by atoms with van der Waals surface area (Å²) in [6, 6.07) is 1.86. The number of nitriles is 1. The minimum atomic E-state index is -1.85. The van der Waals surface area contributed by atoms with Crippen molar-refractivity contribution >= 4 is 8.32 Å². The fourth-order valence-electron chi connectivity index (χ4n) is 1.01. The molecule has 0 spiro atoms. The molecule has 0 heterocycles. The molecule has 0 saturated heterocycles. The van der Waals surface area contributed by atoms with E-state index in [1.165, 1.54) is 12.2 Å². The summed E-state index contributed by atoms with van der Waals surface area (Å²) < 4.78 is 5.99. The van der Waals surface area contributed by atoms with Gasteiger partial charge in [0.05, 0.1) is 18.3 Å². The summed E-state index contributed by atoms with van der Waals surface area (Å²) in [4.78, 5) is 0. The molecule has 0 aliphatic rings. The third-order valence-corrected chi connectivity index (χ3v) is 7.71. The first-order valence-corrected chi connectivity index (χ1v) is 8.45. The van der Waals surface area contributed by atoms with Crippen molar-refractivity contribution in [3.05, 3.63) is 12.2 Å². The Kier molecular flexibility index (Phi) is 5.40. The van der Waals surface area contributed by atoms with E-state index in [4.69, 9.17) is 9.69 Å². The Balaban J connectivity index is 4.51. The maximum absolute atomic E-state index is 9.74. The predicted molar refractivity (Wildman–Crippen MR) is 68.5 cm³/mol. The van der Waals surface area contributed by atoms with E-state index in [-0.39, 0.29) is 11.1 Å². The number of allylic oxidation sites excluding steroid dienone is 1. The van der Waals surface area contributed by atoms with Crippen LogP contribution in [-0.4, -0.2) is 25.6 Å². The molecule has 2 atom stereocenters. The van der Waals surface area contributed by atoms with Gasteiger partial charge in [0, 0.05) is 6.08 Å². The molecule has 0 aliphatic heterocycles. The molecule has 0 fully saturated rings. The predicted octanol–water partition coefficient (Wildman–Crippen LogP) is 2.84. The Morgan fingerprint density at radius 2 is 1.88 bits per heavy atom. The summed E-state index contributed by atoms with van der Waals surface area (Å²) in [7, 11) is -1.85. The van der Waals surface area contributed by atoms with Crippen LogP contribution >= 0.6 is 0 Å². The van der Waals surface area contributed by atoms with Crippen molar-refractivity contribution in [2.45, 2.75) is 58.0 Å². The lowest BCUT2D eigenvalue weighted by molar-refractivity contribution is 0.0693. The van der Waals surface area contributed by atoms with Crippen LogP contribution in [0.2, 0.25) is 18.1 Å². The summed E-state index contributed by atoms with van der Waals surface area (Å²) in [6.45, 7) is 12.6. The van der Waals surface area contributed by atoms with E-state index in [9.17, 15) is 5.11 Å². The molecule has 0 bridgehead atoms. The summed E-state index contributed by atoms with van der Waals surface area (Å²) in [6.07, 6.45) is 1.77. The molecule has 16 heavy (non-hydrogen) atoms. The van der Waals surface area contributed by atoms with E-state index in [2.05, 4.69) is 33.9 Å². The maximum atomic E-state index is 9.74. The van der Waals surface area contributed by atoms with Gasteiger partial charge in [-0.25, -0.2) is 0 Å². The molecule has 1 unspecified atom stereocenters. The Morgan fingerprint density at radius 1 is 1.38 bits per heavy atom. The van der Waals surface area contributed by atoms with E-state index in [1.54, 1.807) is 0 Å². The third-order valence-electron chi connectivity index (χ3n) is 3.14. The molecule has 0 radical (unpaired) electrons. The minimum absolute atomic E-state index is 0.125. The van der Waals surface area contributed by atoms with Crippen LogP contribution < -0.4 is 0 Å². The molecule has 0 aliphatic carbocycles. The number of nitrogens with zero attached hydrogens (tertiary/aromatic N) is 1. The van der Waals surface area contributed by atoms with E-state index in [0.717, 1.165) is 0 Å². The van der Waals surface area contributed by atoms with Crippen LogP contribution in [0.1, 0.15) is 27.7 Å². The smallest absolute Gasteiger partial charge is 0.192 e. The second kappa shape index (κ2) is 5.62. The van der Waals surface area contributed by atoms with Gasteiger partial charge in [0.15, 0.2) is 8.32 Å². The lowest BCUT2D eigenvalue weighted by atomic mass is 10.2. The van der Waals surface area contributed by atoms with Crippen LogP contribution in [0.15, 0.2) is 12.2 Å². The van der Waals surface area contributed by atoms with Crippen LogP contribution in [-0.2, 0) is 4.43 Å². The lowest BCUT2D eigenvalue weighted by Gasteiger charge is -2.39. The second-order valence-corrected chi connectivity index (χ2v) is 10.3. The average Bonchev–Trinajstić information content (AvgIpc) is 2.11. The number of aliphatic hydroxyl groups excluding tert-OH is 1. The van der Waals surface area contributed by atoms with Crippen molar-refractivity contribution in [3.8, 4) is 6.07 Å². The second-order valence-electron chi connectivity index (χ2n) is 5.56. The highest BCUT2D eigenvalue weighted by atomic mass is 28.4. The van der Waals surface area contributed by atoms with Gasteiger partial charge < -0.3 is 9.53 Å². The maximum Gasteiger partial charge on any atom is 0.192 e. The van der Waals surface area contributed by atoms with Gasteiger partial charge in [-0.1, -0.05) is 20.8 Å². The normalized spacial score (nSPS) is 17.1. The zero-order chi connectivity index (χ0) is 13.0. The molecule has 0 aromatic carbocycles. The van der Waals surface area contributed by atoms with Gasteiger partial charge in [-0.05, 0) is 31.1 Å². The number of hydrogen-bond donors (Lipinski definition) is 1. The summed E-state index contributed by atoms with van der Waals surface area (Å²) in [5.74, 6) is 0. The van der Waals surface area contributed by atoms with Gasteiger partial charge in [-0.15, -0.1) is 0 Å². The summed E-state index contributed by atoms with van der Waals surface area (Å²) in [5.41, 5.74) is 0. The van der Waals surface area contributed by atoms with E-state index >= 15 is 0 Å². The Hall–Kier alpha value is -0.633. The number of hydrogen-bond acceptors (Lipinski definition) is 3. The van der Waals surface area contributed by atoms with Crippen LogP contribution in [0.3, 0.4) is 0 Å². The highest BCUT2D eigenvalue weighted by molar-refractivity contribution is 6.74. The van der Waals surface area contributed by atoms with Crippen LogP contribution in [0.4, 0.5) is 0 Å². The van der Waals surface area contributed by atoms with Gasteiger partial charge in [0.2, 0.25) is 0 Å². The standard InChI is InChI=1S/C12H23NO2Si/c1-10(11(14)8-7-9-13)15-16(5,6)12(2,3)4/h7-8,10-11,14H,1-6H3/b8-7+/t10-,11?/m0/s1. The molecule has 0 rings (SSSR count). The van der Waals surface area contributed by atoms with Crippen molar-refractivity contribution in [2.75, 3.05) is 0 Å². The van der Waals surface area contributed by atoms with Crippen LogP contribution in [0, 0.1) is 11.3 Å². The summed E-state index contributed by atoms with van der Waals surface area (Å²) >= 11 is 0. The first-order chi connectivity index (χ1) is 7.12. The van der Waals surface area contributed by atoms with E-state index in [1.807, 2.05) is 13.0 Å². The number of aliphatic hydroxyl groups is 1. The Morgan fingerprint density at radius 3 is 2.25 bits per heavy atom. The Bertz CT molecular complexity index is 286. The molecule has 92 valence electrons. The third kappa shape index (κ3) is 4.48. The highest BCUT2D eigenvalue weighted by Crippen LogP contribution is 2.37. The molecular formula is C12H23NO2Si. The largest absolute Gasteiger partial charge is 0.411 e. The quantitative estimate of drug-likeness (QED) is 0.608. The fourth-order valence-corrected chi connectivity index (χ4v) is 2.43. The molecule has 4 heteroatoms. The molecule has 0 saturated carbocycles. The molecule has 3 nitrogen and oxygen atoms in total. The zero-order valence-corrected chi connectivity index (χ0v) is 12.1. The van der Waals surface area contributed by atoms with Crippen LogP contribution in [0.25, 0.3) is 0 Å². The lowest BCUT2D eigenvalue weighted by Crippen LogP contribution is -2.45. The van der Waals surface area contributed by atoms with Crippen molar-refractivity contribution in [1.29, 1.82) is 5.26 Å². The monoisotopic (exact) mass is 241 g/mol. The molecular weight excluding hydrogens is 218 g/mol. The molecule has 0 aromatic rings. The van der Waals surface area contributed by atoms with Gasteiger partial charge in [0.25, 0.3) is 0 Å². The van der Waals surface area contributed by atoms with Crippen molar-refractivity contribution in [3.63, 3.8) is 0 Å². The van der Waals surface area contributed by atoms with Crippen molar-refractivity contribution in [2.24, 2.45) is 0 Å². The van der Waals surface area contributed by atoms with Crippen molar-refractivity contribution in [1.82, 2.24) is 0 Å². The molecule has 1 N–H and O–H groups in total. The molecule has 0 amide bonds. The van der Waals surface area contributed by atoms with E-state index < -0.39 is 14.4 Å². The molecule has 0 aromatic heterocycles. The SMILES string of the molecule is C[C@H](O[Si](C)(C)C(C)(C)C)C(O)/C=C/C#N. The number of rotatable bonds is 4. The van der Waals surface area contributed by atoms with Gasteiger partial charge >= 0.3 is 0 Å². The van der Waals surface area contributed by atoms with E-state index in [0.29, 0.717) is 0 Å². The fraction of sp³-hybridized carbons (Fsp3) is 0.750. The average molecular weight is 241 g/mol. The van der Waals surface area contributed by atoms with Gasteiger partial charge in [0.1, 0.15) is 0 Å². The topological polar surface area (TPSA) is 53.2 Å². The minimum Gasteiger partial charge on any atom is -0.411 e. The van der Waals surface area contributed by atoms with Crippen molar-refractivity contribution < 1.29 is 9.53 Å². The Labute approximate surface area is 99.9 Å². The first-order valence-electron chi connectivity index (χ1n) is 5.54. The van der Waals surface area contributed by atoms with Gasteiger partial charge in [-0.2, -0.15) is 5.26 Å². The van der Waals surface area contributed by atoms with Gasteiger partial charge in [-0.3, -0.25) is 0 Å². The van der Waals surface area contributed by atoms with Crippen LogP contribution in [0.5, 0.6) is 0 Å².